The fraction of sp³-hybridized carbons (Fsp3) is 0.730. The zero-order valence-electron chi connectivity index (χ0n) is 27.2. The molecule has 0 amide bonds. The number of hydrogen-bond acceptors (Lipinski definition) is 9. The van der Waals surface area contributed by atoms with Crippen LogP contribution in [0.25, 0.3) is 0 Å². The summed E-state index contributed by atoms with van der Waals surface area (Å²) in [6.45, 7) is 6.41. The Morgan fingerprint density at radius 2 is 1.74 bits per heavy atom. The smallest absolute Gasteiger partial charge is 0.331 e. The monoisotopic (exact) mass is 636 g/mol. The highest BCUT2D eigenvalue weighted by Gasteiger charge is 2.71. The van der Waals surface area contributed by atoms with E-state index in [-0.39, 0.29) is 48.1 Å². The van der Waals surface area contributed by atoms with Crippen LogP contribution >= 0.6 is 0 Å². The fourth-order valence-electron chi connectivity index (χ4n) is 11.5. The van der Waals surface area contributed by atoms with Gasteiger partial charge in [-0.25, -0.2) is 4.79 Å². The number of aldehydes is 1. The normalized spacial score (nSPS) is 51.3. The van der Waals surface area contributed by atoms with Crippen LogP contribution in [0.1, 0.15) is 90.5 Å². The molecule has 46 heavy (non-hydrogen) atoms. The van der Waals surface area contributed by atoms with Gasteiger partial charge in [0.2, 0.25) is 0 Å². The van der Waals surface area contributed by atoms with Gasteiger partial charge in [0.05, 0.1) is 34.9 Å². The first-order chi connectivity index (χ1) is 21.9. The summed E-state index contributed by atoms with van der Waals surface area (Å²) in [6, 6.07) is 9.94. The maximum absolute atomic E-state index is 13.2. The van der Waals surface area contributed by atoms with Crippen molar-refractivity contribution in [3.8, 4) is 0 Å². The second kappa shape index (κ2) is 10.7. The molecule has 0 spiro atoms. The molecule has 250 valence electrons. The van der Waals surface area contributed by atoms with E-state index in [1.807, 2.05) is 44.2 Å². The zero-order chi connectivity index (χ0) is 32.1. The molecule has 6 fully saturated rings. The Hall–Kier alpha value is -2.14. The molecule has 3 heterocycles. The van der Waals surface area contributed by atoms with E-state index < -0.39 is 34.1 Å². The van der Waals surface area contributed by atoms with Crippen LogP contribution in [0.2, 0.25) is 0 Å². The number of ether oxygens (including phenoxy) is 5. The van der Waals surface area contributed by atoms with E-state index in [2.05, 4.69) is 6.92 Å². The molecule has 7 aliphatic rings. The number of carbonyl (C=O) groups is 2. The Kier molecular flexibility index (Phi) is 7.23. The van der Waals surface area contributed by atoms with Crippen molar-refractivity contribution in [2.75, 3.05) is 6.61 Å². The third kappa shape index (κ3) is 4.34. The molecular formula is C37H48O9. The van der Waals surface area contributed by atoms with E-state index in [4.69, 9.17) is 23.7 Å². The minimum atomic E-state index is -1.21. The van der Waals surface area contributed by atoms with Gasteiger partial charge in [0.15, 0.2) is 12.1 Å². The quantitative estimate of drug-likeness (QED) is 0.269. The average Bonchev–Trinajstić information content (AvgIpc) is 3.70. The topological polar surface area (TPSA) is 121 Å². The van der Waals surface area contributed by atoms with Gasteiger partial charge >= 0.3 is 5.97 Å². The van der Waals surface area contributed by atoms with Crippen LogP contribution in [-0.2, 0) is 39.1 Å². The van der Waals surface area contributed by atoms with Crippen LogP contribution in [0, 0.1) is 28.6 Å². The van der Waals surface area contributed by atoms with Gasteiger partial charge in [-0.3, -0.25) is 0 Å². The molecule has 2 saturated heterocycles. The third-order valence-electron chi connectivity index (χ3n) is 13.8. The Labute approximate surface area is 270 Å². The van der Waals surface area contributed by atoms with Crippen LogP contribution in [-0.4, -0.2) is 71.0 Å². The zero-order valence-corrected chi connectivity index (χ0v) is 27.2. The molecule has 1 aromatic carbocycles. The lowest BCUT2D eigenvalue weighted by Gasteiger charge is -2.65. The second-order valence-corrected chi connectivity index (χ2v) is 15.8. The summed E-state index contributed by atoms with van der Waals surface area (Å²) in [4.78, 5) is 25.1. The summed E-state index contributed by atoms with van der Waals surface area (Å²) in [7, 11) is 0. The molecule has 0 unspecified atom stereocenters. The molecule has 13 atom stereocenters. The first kappa shape index (κ1) is 31.1. The fourth-order valence-corrected chi connectivity index (χ4v) is 11.5. The Bertz CT molecular complexity index is 1410. The highest BCUT2D eigenvalue weighted by atomic mass is 16.8. The highest BCUT2D eigenvalue weighted by Crippen LogP contribution is 2.70. The van der Waals surface area contributed by atoms with Gasteiger partial charge < -0.3 is 38.7 Å². The van der Waals surface area contributed by atoms with E-state index in [1.165, 1.54) is 0 Å². The first-order valence-corrected chi connectivity index (χ1v) is 17.4. The van der Waals surface area contributed by atoms with Gasteiger partial charge in [0.1, 0.15) is 19.0 Å². The van der Waals surface area contributed by atoms with E-state index in [9.17, 15) is 19.8 Å². The Morgan fingerprint density at radius 1 is 0.957 bits per heavy atom. The number of carbonyl (C=O) groups excluding carboxylic acids is 2. The summed E-state index contributed by atoms with van der Waals surface area (Å²) in [5, 5.41) is 24.9. The molecule has 8 rings (SSSR count). The van der Waals surface area contributed by atoms with Crippen LogP contribution in [0.15, 0.2) is 42.0 Å². The Balaban J connectivity index is 0.969. The van der Waals surface area contributed by atoms with Gasteiger partial charge in [-0.2, -0.15) is 0 Å². The minimum Gasteiger partial charge on any atom is -0.458 e. The number of cyclic esters (lactones) is 1. The van der Waals surface area contributed by atoms with Crippen molar-refractivity contribution in [1.29, 1.82) is 0 Å². The highest BCUT2D eigenvalue weighted by molar-refractivity contribution is 5.85. The van der Waals surface area contributed by atoms with Gasteiger partial charge in [0.25, 0.3) is 0 Å². The molecule has 9 nitrogen and oxygen atoms in total. The van der Waals surface area contributed by atoms with Crippen LogP contribution in [0.5, 0.6) is 0 Å². The number of hydrogen-bond donors (Lipinski definition) is 2. The predicted octanol–water partition coefficient (Wildman–Crippen LogP) is 4.71. The van der Waals surface area contributed by atoms with E-state index in [0.29, 0.717) is 51.6 Å². The molecule has 4 aliphatic carbocycles. The summed E-state index contributed by atoms with van der Waals surface area (Å²) in [5.41, 5.74) is -1.55. The van der Waals surface area contributed by atoms with Crippen molar-refractivity contribution in [2.24, 2.45) is 28.6 Å². The summed E-state index contributed by atoms with van der Waals surface area (Å²) in [5.74, 6) is -1.27. The van der Waals surface area contributed by atoms with Crippen molar-refractivity contribution in [2.45, 2.75) is 133 Å². The molecule has 0 radical (unpaired) electrons. The van der Waals surface area contributed by atoms with Crippen LogP contribution < -0.4 is 0 Å². The van der Waals surface area contributed by atoms with E-state index >= 15 is 0 Å². The Morgan fingerprint density at radius 3 is 2.48 bits per heavy atom. The predicted molar refractivity (Wildman–Crippen MR) is 165 cm³/mol. The lowest BCUT2D eigenvalue weighted by Crippen LogP contribution is -2.69. The maximum Gasteiger partial charge on any atom is 0.331 e. The van der Waals surface area contributed by atoms with E-state index in [1.54, 1.807) is 6.08 Å². The van der Waals surface area contributed by atoms with Gasteiger partial charge in [0, 0.05) is 29.9 Å². The van der Waals surface area contributed by atoms with Crippen molar-refractivity contribution in [3.63, 3.8) is 0 Å². The van der Waals surface area contributed by atoms with Gasteiger partial charge in [-0.05, 0) is 88.5 Å². The molecule has 1 aromatic rings. The maximum atomic E-state index is 13.2. The van der Waals surface area contributed by atoms with E-state index in [0.717, 1.165) is 36.7 Å². The molecule has 0 aromatic heterocycles. The molecule has 3 aliphatic heterocycles. The number of benzene rings is 1. The summed E-state index contributed by atoms with van der Waals surface area (Å²) >= 11 is 0. The number of rotatable bonds is 5. The molecule has 0 bridgehead atoms. The third-order valence-corrected chi connectivity index (χ3v) is 13.8. The van der Waals surface area contributed by atoms with Gasteiger partial charge in [-0.15, -0.1) is 0 Å². The molecular weight excluding hydrogens is 588 g/mol. The standard InChI is InChI=1S/C37H48O9/c1-22-32-29(45-34(3,46-32)24-7-5-4-6-8-24)18-31(43-22)44-25-9-14-35(21-38)27-10-13-33(2)26(23-17-30(39)42-20-23)12-16-37(33,41)28(27)11-15-36(35,40)19-25/h4-8,17,21-22,25-29,31-32,40-41H,9-16,18-20H2,1-3H3/t22-,25+,26-,27+,28-,29+,31+,32-,33-,34-,35+,36+,37+/m1/s1. The molecule has 4 saturated carbocycles. The summed E-state index contributed by atoms with van der Waals surface area (Å²) in [6.07, 6.45) is 7.33. The summed E-state index contributed by atoms with van der Waals surface area (Å²) < 4.78 is 31.1. The van der Waals surface area contributed by atoms with Crippen molar-refractivity contribution in [3.05, 3.63) is 47.5 Å². The lowest BCUT2D eigenvalue weighted by atomic mass is 9.41. The number of aliphatic hydroxyl groups is 2. The molecule has 9 heteroatoms. The average molecular weight is 637 g/mol. The molecule has 2 N–H and O–H groups in total. The van der Waals surface area contributed by atoms with Crippen molar-refractivity contribution >= 4 is 12.3 Å². The van der Waals surface area contributed by atoms with Gasteiger partial charge in [-0.1, -0.05) is 37.3 Å². The van der Waals surface area contributed by atoms with Crippen molar-refractivity contribution < 1.29 is 43.5 Å². The first-order valence-electron chi connectivity index (χ1n) is 17.4. The number of fused-ring (bicyclic) bond motifs is 6. The SMILES string of the molecule is C[C@H]1O[C@@H](O[C@H]2CC[C@]3(C=O)[C@H]4CC[C@]5(C)[C@@H](C6=CC(=O)OC6)CC[C@]5(O)[C@@H]4CC[C@]3(O)C2)C[C@@H]2O[C@@](C)(c3ccccc3)O[C@@H]21. The van der Waals surface area contributed by atoms with Crippen LogP contribution in [0.3, 0.4) is 0 Å². The number of esters is 1. The second-order valence-electron chi connectivity index (χ2n) is 15.8. The van der Waals surface area contributed by atoms with Crippen molar-refractivity contribution in [1.82, 2.24) is 0 Å². The minimum absolute atomic E-state index is 0.0827. The largest absolute Gasteiger partial charge is 0.458 e. The van der Waals surface area contributed by atoms with Crippen LogP contribution in [0.4, 0.5) is 0 Å². The lowest BCUT2D eigenvalue weighted by molar-refractivity contribution is -0.278.